The number of hydrogen-bond acceptors (Lipinski definition) is 4. The molecule has 2 atom stereocenters. The van der Waals surface area contributed by atoms with E-state index in [1.807, 2.05) is 25.2 Å². The van der Waals surface area contributed by atoms with E-state index in [0.717, 1.165) is 51.2 Å². The first-order chi connectivity index (χ1) is 14.5. The van der Waals surface area contributed by atoms with Crippen molar-refractivity contribution in [2.45, 2.75) is 38.6 Å². The molecule has 2 unspecified atom stereocenters. The van der Waals surface area contributed by atoms with Crippen LogP contribution < -0.4 is 0 Å². The molecule has 30 heavy (non-hydrogen) atoms. The lowest BCUT2D eigenvalue weighted by Gasteiger charge is -2.34. The second kappa shape index (κ2) is 9.04. The van der Waals surface area contributed by atoms with E-state index in [1.54, 1.807) is 23.2 Å². The number of rotatable bonds is 6. The van der Waals surface area contributed by atoms with Crippen LogP contribution in [0.3, 0.4) is 0 Å². The Balaban J connectivity index is 1.23. The number of likely N-dealkylation sites (tertiary alicyclic amines) is 1. The molecule has 0 radical (unpaired) electrons. The highest BCUT2D eigenvalue weighted by atomic mass is 19.1. The normalized spacial score (nSPS) is 24.7. The summed E-state index contributed by atoms with van der Waals surface area (Å²) in [4.78, 5) is 34.1. The fraction of sp³-hybridized carbons (Fsp3) is 0.458. The number of nitrogens with zero attached hydrogens (tertiary/aromatic N) is 3. The average molecular weight is 410 g/mol. The van der Waals surface area contributed by atoms with Crippen molar-refractivity contribution >= 4 is 17.5 Å². The topological polar surface area (TPSA) is 53.0 Å². The number of ketones is 1. The number of allylic oxidation sites excluding steroid dienone is 2. The van der Waals surface area contributed by atoms with E-state index >= 15 is 0 Å². The molecule has 3 aliphatic heterocycles. The third-order valence-corrected chi connectivity index (χ3v) is 6.39. The maximum absolute atomic E-state index is 13.1. The Morgan fingerprint density at radius 1 is 1.17 bits per heavy atom. The Hall–Kier alpha value is -2.60. The van der Waals surface area contributed by atoms with Crippen molar-refractivity contribution in [2.75, 3.05) is 19.6 Å². The number of fused-ring (bicyclic) bond motifs is 1. The number of carbonyl (C=O) groups is 2. The lowest BCUT2D eigenvalue weighted by molar-refractivity contribution is -0.131. The van der Waals surface area contributed by atoms with E-state index in [0.29, 0.717) is 5.56 Å². The van der Waals surface area contributed by atoms with Gasteiger partial charge in [0.2, 0.25) is 5.91 Å². The molecule has 0 bridgehead atoms. The minimum Gasteiger partial charge on any atom is -0.303 e. The average Bonchev–Trinajstić information content (AvgIpc) is 2.76. The van der Waals surface area contributed by atoms with E-state index in [2.05, 4.69) is 9.89 Å². The first-order valence-corrected chi connectivity index (χ1v) is 10.8. The van der Waals surface area contributed by atoms with E-state index in [-0.39, 0.29) is 35.4 Å². The smallest absolute Gasteiger partial charge is 0.237 e. The zero-order valence-electron chi connectivity index (χ0n) is 17.3. The van der Waals surface area contributed by atoms with Crippen molar-refractivity contribution < 1.29 is 14.0 Å². The highest BCUT2D eigenvalue weighted by molar-refractivity contribution is 6.08. The molecule has 0 aromatic heterocycles. The van der Waals surface area contributed by atoms with Gasteiger partial charge in [0.05, 0.1) is 12.0 Å². The maximum Gasteiger partial charge on any atom is 0.237 e. The Kier molecular flexibility index (Phi) is 6.23. The van der Waals surface area contributed by atoms with Gasteiger partial charge in [0, 0.05) is 17.7 Å². The summed E-state index contributed by atoms with van der Waals surface area (Å²) < 4.78 is 13.1. The van der Waals surface area contributed by atoms with E-state index < -0.39 is 0 Å². The Morgan fingerprint density at radius 2 is 1.90 bits per heavy atom. The SMILES string of the molecule is CC1N=C2C=CC=CN2C(=O)C1CCCN1CCC(C(=O)c2ccc(F)cc2)CC1. The summed E-state index contributed by atoms with van der Waals surface area (Å²) >= 11 is 0. The van der Waals surface area contributed by atoms with Crippen LogP contribution >= 0.6 is 0 Å². The Labute approximate surface area is 177 Å². The molecule has 4 rings (SSSR count). The quantitative estimate of drug-likeness (QED) is 0.671. The van der Waals surface area contributed by atoms with Crippen LogP contribution in [0.5, 0.6) is 0 Å². The molecule has 0 aliphatic carbocycles. The van der Waals surface area contributed by atoms with Crippen LogP contribution in [0.4, 0.5) is 4.39 Å². The second-order valence-corrected chi connectivity index (χ2v) is 8.37. The monoisotopic (exact) mass is 409 g/mol. The van der Waals surface area contributed by atoms with Gasteiger partial charge >= 0.3 is 0 Å². The van der Waals surface area contributed by atoms with Gasteiger partial charge in [0.25, 0.3) is 0 Å². The third kappa shape index (κ3) is 4.43. The predicted molar refractivity (Wildman–Crippen MR) is 115 cm³/mol. The number of hydrogen-bond donors (Lipinski definition) is 0. The summed E-state index contributed by atoms with van der Waals surface area (Å²) in [5, 5.41) is 0. The lowest BCUT2D eigenvalue weighted by Crippen LogP contribution is -2.45. The van der Waals surface area contributed by atoms with E-state index in [4.69, 9.17) is 0 Å². The van der Waals surface area contributed by atoms with E-state index in [1.165, 1.54) is 12.1 Å². The summed E-state index contributed by atoms with van der Waals surface area (Å²) in [7, 11) is 0. The van der Waals surface area contributed by atoms with Crippen molar-refractivity contribution in [1.29, 1.82) is 0 Å². The van der Waals surface area contributed by atoms with Gasteiger partial charge in [-0.3, -0.25) is 19.5 Å². The van der Waals surface area contributed by atoms with Crippen LogP contribution in [0.1, 0.15) is 43.0 Å². The number of benzene rings is 1. The molecule has 0 spiro atoms. The van der Waals surface area contributed by atoms with Gasteiger partial charge in [0.1, 0.15) is 11.7 Å². The number of piperidine rings is 1. The van der Waals surface area contributed by atoms with Crippen molar-refractivity contribution in [3.63, 3.8) is 0 Å². The molecular weight excluding hydrogens is 381 g/mol. The summed E-state index contributed by atoms with van der Waals surface area (Å²) in [6, 6.07) is 5.85. The maximum atomic E-state index is 13.1. The number of amides is 1. The van der Waals surface area contributed by atoms with Crippen molar-refractivity contribution in [2.24, 2.45) is 16.8 Å². The molecule has 0 N–H and O–H groups in total. The third-order valence-electron chi connectivity index (χ3n) is 6.39. The Bertz CT molecular complexity index is 882. The molecule has 5 nitrogen and oxygen atoms in total. The van der Waals surface area contributed by atoms with Gasteiger partial charge in [-0.2, -0.15) is 0 Å². The molecule has 1 aromatic carbocycles. The largest absolute Gasteiger partial charge is 0.303 e. The van der Waals surface area contributed by atoms with Crippen LogP contribution in [0, 0.1) is 17.7 Å². The summed E-state index contributed by atoms with van der Waals surface area (Å²) in [5.74, 6) is 0.604. The molecule has 1 saturated heterocycles. The minimum absolute atomic E-state index is 0.000957. The molecule has 3 heterocycles. The highest BCUT2D eigenvalue weighted by Crippen LogP contribution is 2.26. The molecule has 158 valence electrons. The predicted octanol–water partition coefficient (Wildman–Crippen LogP) is 3.83. The van der Waals surface area contributed by atoms with Gasteiger partial charge in [-0.1, -0.05) is 6.08 Å². The summed E-state index contributed by atoms with van der Waals surface area (Å²) in [6.07, 6.45) is 10.8. The molecule has 1 amide bonds. The van der Waals surface area contributed by atoms with Crippen LogP contribution in [0.2, 0.25) is 0 Å². The fourth-order valence-electron chi connectivity index (χ4n) is 4.58. The molecule has 3 aliphatic rings. The fourth-order valence-corrected chi connectivity index (χ4v) is 4.58. The summed E-state index contributed by atoms with van der Waals surface area (Å²) in [5.41, 5.74) is 0.598. The number of halogens is 1. The van der Waals surface area contributed by atoms with Crippen LogP contribution in [0.15, 0.2) is 53.7 Å². The number of aliphatic imine (C=N–C) groups is 1. The van der Waals surface area contributed by atoms with Gasteiger partial charge in [0.15, 0.2) is 5.78 Å². The highest BCUT2D eigenvalue weighted by Gasteiger charge is 2.35. The molecular formula is C24H28FN3O2. The van der Waals surface area contributed by atoms with Crippen LogP contribution in [-0.2, 0) is 4.79 Å². The van der Waals surface area contributed by atoms with Gasteiger partial charge in [-0.15, -0.1) is 0 Å². The number of amidine groups is 1. The van der Waals surface area contributed by atoms with Crippen LogP contribution in [0.25, 0.3) is 0 Å². The molecule has 6 heteroatoms. The first kappa shape index (κ1) is 20.7. The first-order valence-electron chi connectivity index (χ1n) is 10.8. The number of carbonyl (C=O) groups excluding carboxylic acids is 2. The minimum atomic E-state index is -0.318. The molecule has 0 saturated carbocycles. The van der Waals surface area contributed by atoms with Gasteiger partial charge < -0.3 is 4.90 Å². The summed E-state index contributed by atoms with van der Waals surface area (Å²) in [6.45, 7) is 4.72. The van der Waals surface area contributed by atoms with Gasteiger partial charge in [-0.25, -0.2) is 4.39 Å². The van der Waals surface area contributed by atoms with Crippen molar-refractivity contribution in [3.05, 3.63) is 60.1 Å². The standard InChI is InChI=1S/C24H28FN3O2/c1-17-21(24(30)28-14-3-2-6-22(28)26-17)5-4-13-27-15-11-19(12-16-27)23(29)18-7-9-20(25)10-8-18/h2-3,6-10,14,17,19,21H,4-5,11-13,15-16H2,1H3. The van der Waals surface area contributed by atoms with Gasteiger partial charge in [-0.05, 0) is 88.7 Å². The van der Waals surface area contributed by atoms with E-state index in [9.17, 15) is 14.0 Å². The van der Waals surface area contributed by atoms with Crippen molar-refractivity contribution in [3.8, 4) is 0 Å². The number of Topliss-reactive ketones (excluding diaryl/α,β-unsaturated/α-hetero) is 1. The molecule has 1 fully saturated rings. The van der Waals surface area contributed by atoms with Crippen molar-refractivity contribution in [1.82, 2.24) is 9.80 Å². The zero-order chi connectivity index (χ0) is 21.1. The van der Waals surface area contributed by atoms with Crippen LogP contribution in [-0.4, -0.2) is 53.0 Å². The zero-order valence-corrected chi connectivity index (χ0v) is 17.3. The second-order valence-electron chi connectivity index (χ2n) is 8.37. The lowest BCUT2D eigenvalue weighted by atomic mass is 9.88. The Morgan fingerprint density at radius 3 is 2.63 bits per heavy atom. The molecule has 1 aromatic rings.